The molecule has 0 saturated carbocycles. The lowest BCUT2D eigenvalue weighted by atomic mass is 9.92. The predicted octanol–water partition coefficient (Wildman–Crippen LogP) is 4.26. The Kier molecular flexibility index (Phi) is 10.5. The summed E-state index contributed by atoms with van der Waals surface area (Å²) in [5.74, 6) is -0.0905. The van der Waals surface area contributed by atoms with E-state index in [2.05, 4.69) is 69.9 Å². The lowest BCUT2D eigenvalue weighted by Crippen LogP contribution is -2.51. The third-order valence-electron chi connectivity index (χ3n) is 7.92. The van der Waals surface area contributed by atoms with Crippen LogP contribution in [-0.2, 0) is 9.53 Å². The molecule has 0 aromatic heterocycles. The van der Waals surface area contributed by atoms with Crippen LogP contribution in [-0.4, -0.2) is 85.7 Å². The molecule has 2 aromatic rings. The Labute approximate surface area is 234 Å². The Morgan fingerprint density at radius 2 is 1.85 bits per heavy atom. The van der Waals surface area contributed by atoms with Crippen LogP contribution in [0.3, 0.4) is 0 Å². The van der Waals surface area contributed by atoms with E-state index < -0.39 is 0 Å². The molecule has 0 bridgehead atoms. The Bertz CT molecular complexity index is 1150. The number of benzene rings is 2. The van der Waals surface area contributed by atoms with Gasteiger partial charge in [-0.2, -0.15) is 5.26 Å². The maximum Gasteiger partial charge on any atom is 0.305 e. The zero-order valence-electron chi connectivity index (χ0n) is 23.6. The molecule has 2 aliphatic rings. The van der Waals surface area contributed by atoms with E-state index in [0.29, 0.717) is 24.6 Å². The number of unbranched alkanes of at least 4 members (excludes halogenated alkanes) is 1. The Hall–Kier alpha value is -3.18. The topological polar surface area (TPSA) is 71.8 Å². The van der Waals surface area contributed by atoms with Crippen LogP contribution in [0.5, 0.6) is 0 Å². The minimum Gasteiger partial charge on any atom is -0.466 e. The highest BCUT2D eigenvalue weighted by molar-refractivity contribution is 5.69. The number of carbonyl (C=O) groups is 1. The number of esters is 1. The molecule has 2 saturated heterocycles. The third-order valence-corrected chi connectivity index (χ3v) is 7.92. The van der Waals surface area contributed by atoms with Crippen molar-refractivity contribution in [3.05, 3.63) is 77.4 Å². The van der Waals surface area contributed by atoms with Crippen LogP contribution in [0.25, 0.3) is 5.70 Å². The van der Waals surface area contributed by atoms with Crippen molar-refractivity contribution in [3.63, 3.8) is 0 Å². The van der Waals surface area contributed by atoms with E-state index >= 15 is 0 Å². The number of rotatable bonds is 11. The summed E-state index contributed by atoms with van der Waals surface area (Å²) in [5, 5.41) is 13.1. The van der Waals surface area contributed by atoms with Crippen molar-refractivity contribution in [2.24, 2.45) is 0 Å². The first-order valence-electron chi connectivity index (χ1n) is 14.4. The molecule has 2 fully saturated rings. The average molecular weight is 530 g/mol. The number of nitriles is 1. The molecule has 2 unspecified atom stereocenters. The monoisotopic (exact) mass is 529 g/mol. The third kappa shape index (κ3) is 7.69. The molecule has 1 N–H and O–H groups in total. The molecule has 39 heavy (non-hydrogen) atoms. The molecule has 208 valence electrons. The molecule has 2 heterocycles. The summed E-state index contributed by atoms with van der Waals surface area (Å²) in [7, 11) is 0. The number of nitrogens with one attached hydrogen (secondary N) is 1. The maximum atomic E-state index is 11.6. The van der Waals surface area contributed by atoms with Gasteiger partial charge in [0.25, 0.3) is 0 Å². The van der Waals surface area contributed by atoms with Gasteiger partial charge in [-0.05, 0) is 68.1 Å². The van der Waals surface area contributed by atoms with E-state index in [9.17, 15) is 10.1 Å². The fourth-order valence-corrected chi connectivity index (χ4v) is 5.74. The molecule has 0 aliphatic carbocycles. The molecular formula is C32H43N5O2. The highest BCUT2D eigenvalue weighted by Gasteiger charge is 2.29. The maximum absolute atomic E-state index is 11.6. The van der Waals surface area contributed by atoms with E-state index in [0.717, 1.165) is 82.0 Å². The van der Waals surface area contributed by atoms with Gasteiger partial charge in [0.05, 0.1) is 24.3 Å². The summed E-state index contributed by atoms with van der Waals surface area (Å²) < 4.78 is 5.03. The van der Waals surface area contributed by atoms with Gasteiger partial charge in [0.15, 0.2) is 0 Å². The summed E-state index contributed by atoms with van der Waals surface area (Å²) in [5.41, 5.74) is 5.30. The van der Waals surface area contributed by atoms with Crippen molar-refractivity contribution in [1.29, 1.82) is 5.26 Å². The number of carbonyl (C=O) groups excluding carboxylic acids is 1. The number of ether oxygens (including phenoxy) is 1. The highest BCUT2D eigenvalue weighted by Crippen LogP contribution is 2.33. The van der Waals surface area contributed by atoms with Gasteiger partial charge in [0.2, 0.25) is 0 Å². The van der Waals surface area contributed by atoms with Crippen LogP contribution < -0.4 is 5.32 Å². The van der Waals surface area contributed by atoms with Gasteiger partial charge in [-0.1, -0.05) is 36.9 Å². The summed E-state index contributed by atoms with van der Waals surface area (Å²) in [6, 6.07) is 19.6. The summed E-state index contributed by atoms with van der Waals surface area (Å²) in [4.78, 5) is 19.0. The van der Waals surface area contributed by atoms with Crippen LogP contribution in [0, 0.1) is 11.3 Å². The Morgan fingerprint density at radius 1 is 1.10 bits per heavy atom. The molecule has 0 amide bonds. The predicted molar refractivity (Wildman–Crippen MR) is 156 cm³/mol. The second kappa shape index (κ2) is 14.3. The first-order valence-corrected chi connectivity index (χ1v) is 14.4. The second-order valence-electron chi connectivity index (χ2n) is 10.6. The van der Waals surface area contributed by atoms with Crippen molar-refractivity contribution in [2.45, 2.75) is 45.2 Å². The van der Waals surface area contributed by atoms with Gasteiger partial charge in [-0.15, -0.1) is 0 Å². The quantitative estimate of drug-likeness (QED) is 0.344. The minimum absolute atomic E-state index is 0.0783. The Morgan fingerprint density at radius 3 is 2.56 bits per heavy atom. The number of hydrogen-bond acceptors (Lipinski definition) is 7. The van der Waals surface area contributed by atoms with Crippen molar-refractivity contribution in [3.8, 4) is 6.07 Å². The standard InChI is InChI=1S/C32H43N5O2/c1-4-39-31(38)13-5-6-15-35-17-19-36(20-18-35)26(3)28-10-8-12-30(22-28)32(37-16-14-34-24-25(37)2)29-11-7-9-27(21-29)23-33/h7-12,21-22,25,32,34H,3-6,13-20,24H2,1-2H3. The van der Waals surface area contributed by atoms with Gasteiger partial charge in [-0.3, -0.25) is 14.6 Å². The lowest BCUT2D eigenvalue weighted by molar-refractivity contribution is -0.143. The molecule has 4 rings (SSSR count). The first kappa shape index (κ1) is 28.8. The average Bonchev–Trinajstić information content (AvgIpc) is 2.97. The van der Waals surface area contributed by atoms with Crippen LogP contribution in [0.2, 0.25) is 0 Å². The first-order chi connectivity index (χ1) is 19.0. The Balaban J connectivity index is 1.42. The van der Waals surface area contributed by atoms with Gasteiger partial charge in [-0.25, -0.2) is 0 Å². The van der Waals surface area contributed by atoms with Gasteiger partial charge in [0.1, 0.15) is 0 Å². The van der Waals surface area contributed by atoms with Gasteiger partial charge < -0.3 is 15.0 Å². The van der Waals surface area contributed by atoms with E-state index in [-0.39, 0.29) is 12.0 Å². The van der Waals surface area contributed by atoms with Crippen molar-refractivity contribution < 1.29 is 9.53 Å². The number of piperazine rings is 2. The smallest absolute Gasteiger partial charge is 0.305 e. The zero-order valence-corrected chi connectivity index (χ0v) is 23.6. The summed E-state index contributed by atoms with van der Waals surface area (Å²) in [6.07, 6.45) is 2.40. The molecule has 2 aromatic carbocycles. The second-order valence-corrected chi connectivity index (χ2v) is 10.6. The molecule has 0 radical (unpaired) electrons. The minimum atomic E-state index is -0.0905. The fraction of sp³-hybridized carbons (Fsp3) is 0.500. The van der Waals surface area contributed by atoms with Gasteiger partial charge in [0, 0.05) is 64.0 Å². The largest absolute Gasteiger partial charge is 0.466 e. The molecule has 7 heteroatoms. The molecule has 7 nitrogen and oxygen atoms in total. The molecular weight excluding hydrogens is 486 g/mol. The van der Waals surface area contributed by atoms with Crippen LogP contribution in [0.4, 0.5) is 0 Å². The van der Waals surface area contributed by atoms with E-state index in [1.165, 1.54) is 5.56 Å². The van der Waals surface area contributed by atoms with E-state index in [4.69, 9.17) is 4.74 Å². The van der Waals surface area contributed by atoms with E-state index in [1.54, 1.807) is 0 Å². The fourth-order valence-electron chi connectivity index (χ4n) is 5.74. The lowest BCUT2D eigenvalue weighted by Gasteiger charge is -2.41. The van der Waals surface area contributed by atoms with Crippen LogP contribution in [0.15, 0.2) is 55.1 Å². The van der Waals surface area contributed by atoms with Crippen LogP contribution in [0.1, 0.15) is 61.4 Å². The molecule has 0 spiro atoms. The molecule has 2 aliphatic heterocycles. The normalized spacial score (nSPS) is 19.3. The summed E-state index contributed by atoms with van der Waals surface area (Å²) >= 11 is 0. The van der Waals surface area contributed by atoms with E-state index in [1.807, 2.05) is 25.1 Å². The summed E-state index contributed by atoms with van der Waals surface area (Å²) in [6.45, 7) is 16.9. The number of nitrogens with zero attached hydrogens (tertiary/aromatic N) is 4. The number of hydrogen-bond donors (Lipinski definition) is 1. The molecule has 2 atom stereocenters. The zero-order chi connectivity index (χ0) is 27.6. The van der Waals surface area contributed by atoms with Crippen LogP contribution >= 0.6 is 0 Å². The highest BCUT2D eigenvalue weighted by atomic mass is 16.5. The van der Waals surface area contributed by atoms with Crippen molar-refractivity contribution in [1.82, 2.24) is 20.0 Å². The van der Waals surface area contributed by atoms with Crippen molar-refractivity contribution in [2.75, 3.05) is 59.0 Å². The van der Waals surface area contributed by atoms with Gasteiger partial charge >= 0.3 is 5.97 Å². The van der Waals surface area contributed by atoms with Crippen molar-refractivity contribution >= 4 is 11.7 Å². The SMILES string of the molecule is C=C(c1cccc(C(c2cccc(C#N)c2)N2CCNCC2C)c1)N1CCN(CCCCC(=O)OCC)CC1.